The lowest BCUT2D eigenvalue weighted by Gasteiger charge is -2.34. The van der Waals surface area contributed by atoms with Crippen molar-refractivity contribution in [2.75, 3.05) is 0 Å². The second-order valence-electron chi connectivity index (χ2n) is 19.5. The Labute approximate surface area is 364 Å². The fraction of sp³-hybridized carbons (Fsp3) is 0.344. The van der Waals surface area contributed by atoms with Crippen molar-refractivity contribution >= 4 is 43.1 Å². The Morgan fingerprint density at radius 1 is 0.361 bits per heavy atom. The monoisotopic (exact) mass is 794 g/mol. The van der Waals surface area contributed by atoms with E-state index in [2.05, 4.69) is 146 Å². The van der Waals surface area contributed by atoms with Crippen LogP contribution in [0.2, 0.25) is 0 Å². The number of rotatable bonds is 12. The van der Waals surface area contributed by atoms with E-state index in [1.807, 2.05) is 0 Å². The molecule has 0 radical (unpaired) electrons. The number of unbranched alkanes of at least 4 members (excludes halogenated alkanes) is 2. The lowest BCUT2D eigenvalue weighted by Crippen LogP contribution is -2.26. The van der Waals surface area contributed by atoms with Crippen LogP contribution in [0.15, 0.2) is 146 Å². The van der Waals surface area contributed by atoms with Gasteiger partial charge in [-0.3, -0.25) is 0 Å². The molecule has 8 aromatic rings. The summed E-state index contributed by atoms with van der Waals surface area (Å²) in [6, 6.07) is 56.4. The number of fused-ring (bicyclic) bond motifs is 7. The minimum atomic E-state index is -0.0312. The van der Waals surface area contributed by atoms with Gasteiger partial charge in [-0.2, -0.15) is 0 Å². The van der Waals surface area contributed by atoms with Crippen LogP contribution in [0, 0.1) is 11.8 Å². The van der Waals surface area contributed by atoms with Crippen LogP contribution in [-0.2, 0) is 5.41 Å². The lowest BCUT2D eigenvalue weighted by atomic mass is 9.69. The quantitative estimate of drug-likeness (QED) is 0.0854. The van der Waals surface area contributed by atoms with E-state index in [1.54, 1.807) is 11.1 Å². The summed E-state index contributed by atoms with van der Waals surface area (Å²) in [7, 11) is 0. The zero-order valence-corrected chi connectivity index (χ0v) is 36.2. The first-order chi connectivity index (χ1) is 30.2. The number of benzene rings is 8. The fourth-order valence-corrected chi connectivity index (χ4v) is 12.8. The summed E-state index contributed by atoms with van der Waals surface area (Å²) in [6.45, 7) is 0. The highest BCUT2D eigenvalue weighted by atomic mass is 14.5. The third-order valence-corrected chi connectivity index (χ3v) is 15.9. The van der Waals surface area contributed by atoms with Gasteiger partial charge in [0.25, 0.3) is 0 Å². The zero-order chi connectivity index (χ0) is 40.6. The van der Waals surface area contributed by atoms with Crippen LogP contribution in [0.5, 0.6) is 0 Å². The Morgan fingerprint density at radius 2 is 0.721 bits per heavy atom. The standard InChI is InChI=1S/C61H62/c1-3-19-43(20-4-1)23-15-17-37-61(38-18-16-24-44-21-5-2-6-22-44)57-41-49(59-51-29-11-7-25-45(51)39-46-26-8-12-30-52(46)59)33-35-55(57)56-36-34-50(42-58(56)61)60-53-31-13-9-27-47(53)40-48-28-10-14-32-54(48)60/h7-14,25-36,39-44H,1-6,15-24,37-38H2. The van der Waals surface area contributed by atoms with Crippen LogP contribution < -0.4 is 0 Å². The van der Waals surface area contributed by atoms with Crippen molar-refractivity contribution in [2.24, 2.45) is 11.8 Å². The average Bonchev–Trinajstić information content (AvgIpc) is 3.58. The van der Waals surface area contributed by atoms with Crippen molar-refractivity contribution in [1.82, 2.24) is 0 Å². The van der Waals surface area contributed by atoms with Gasteiger partial charge in [0, 0.05) is 5.41 Å². The lowest BCUT2D eigenvalue weighted by molar-refractivity contribution is 0.311. The predicted molar refractivity (Wildman–Crippen MR) is 264 cm³/mol. The summed E-state index contributed by atoms with van der Waals surface area (Å²) in [6.07, 6.45) is 25.0. The van der Waals surface area contributed by atoms with Crippen LogP contribution >= 0.6 is 0 Å². The molecule has 61 heavy (non-hydrogen) atoms. The van der Waals surface area contributed by atoms with Gasteiger partial charge in [-0.25, -0.2) is 0 Å². The summed E-state index contributed by atoms with van der Waals surface area (Å²) in [5, 5.41) is 10.7. The molecule has 0 heterocycles. The van der Waals surface area contributed by atoms with Crippen LogP contribution in [0.25, 0.3) is 76.5 Å². The van der Waals surface area contributed by atoms with E-state index in [1.165, 1.54) is 192 Å². The molecule has 0 atom stereocenters. The molecular weight excluding hydrogens is 733 g/mol. The number of hydrogen-bond donors (Lipinski definition) is 0. The average molecular weight is 795 g/mol. The van der Waals surface area contributed by atoms with Gasteiger partial charge in [-0.15, -0.1) is 0 Å². The van der Waals surface area contributed by atoms with Crippen molar-refractivity contribution < 1.29 is 0 Å². The van der Waals surface area contributed by atoms with Gasteiger partial charge in [0.1, 0.15) is 0 Å². The highest BCUT2D eigenvalue weighted by Crippen LogP contribution is 2.57. The smallest absolute Gasteiger partial charge is 0.0215 e. The molecule has 2 fully saturated rings. The minimum Gasteiger partial charge on any atom is -0.0616 e. The Kier molecular flexibility index (Phi) is 10.7. The van der Waals surface area contributed by atoms with Gasteiger partial charge in [0.15, 0.2) is 0 Å². The normalized spacial score (nSPS) is 16.7. The van der Waals surface area contributed by atoms with Gasteiger partial charge < -0.3 is 0 Å². The molecule has 2 saturated carbocycles. The molecule has 0 saturated heterocycles. The third kappa shape index (κ3) is 7.29. The second kappa shape index (κ2) is 16.9. The molecule has 3 aliphatic rings. The van der Waals surface area contributed by atoms with Crippen molar-refractivity contribution in [3.8, 4) is 33.4 Å². The molecule has 0 heteroatoms. The van der Waals surface area contributed by atoms with E-state index in [4.69, 9.17) is 0 Å². The van der Waals surface area contributed by atoms with E-state index >= 15 is 0 Å². The van der Waals surface area contributed by atoms with Gasteiger partial charge in [0.05, 0.1) is 0 Å². The molecule has 3 aliphatic carbocycles. The van der Waals surface area contributed by atoms with E-state index in [0.29, 0.717) is 0 Å². The van der Waals surface area contributed by atoms with Gasteiger partial charge in [0.2, 0.25) is 0 Å². The molecule has 0 unspecified atom stereocenters. The zero-order valence-electron chi connectivity index (χ0n) is 36.2. The Morgan fingerprint density at radius 3 is 1.10 bits per heavy atom. The SMILES string of the molecule is c1ccc2c(-c3ccc4c(c3)C(CCCCC3CCCCC3)(CCCCC3CCCCC3)c3cc(-c5c6ccccc6cc6ccccc56)ccc3-4)c3ccccc3cc2c1. The maximum Gasteiger partial charge on any atom is 0.0215 e. The summed E-state index contributed by atoms with van der Waals surface area (Å²) in [4.78, 5) is 0. The molecule has 11 rings (SSSR count). The van der Waals surface area contributed by atoms with Crippen molar-refractivity contribution in [3.05, 3.63) is 157 Å². The second-order valence-corrected chi connectivity index (χ2v) is 19.5. The van der Waals surface area contributed by atoms with Gasteiger partial charge >= 0.3 is 0 Å². The molecular formula is C61H62. The maximum atomic E-state index is 2.69. The van der Waals surface area contributed by atoms with Gasteiger partial charge in [-0.05, 0) is 137 Å². The Balaban J connectivity index is 1.08. The first kappa shape index (κ1) is 38.7. The maximum absolute atomic E-state index is 2.69. The van der Waals surface area contributed by atoms with Crippen molar-refractivity contribution in [1.29, 1.82) is 0 Å². The fourth-order valence-electron chi connectivity index (χ4n) is 12.8. The largest absolute Gasteiger partial charge is 0.0616 e. The van der Waals surface area contributed by atoms with Crippen LogP contribution in [0.3, 0.4) is 0 Å². The molecule has 0 bridgehead atoms. The van der Waals surface area contributed by atoms with Crippen molar-refractivity contribution in [2.45, 2.75) is 121 Å². The first-order valence-corrected chi connectivity index (χ1v) is 24.3. The molecule has 306 valence electrons. The molecule has 0 N–H and O–H groups in total. The summed E-state index contributed by atoms with van der Waals surface area (Å²) < 4.78 is 0. The molecule has 8 aromatic carbocycles. The highest BCUT2D eigenvalue weighted by Gasteiger charge is 2.43. The summed E-state index contributed by atoms with van der Waals surface area (Å²) >= 11 is 0. The van der Waals surface area contributed by atoms with Crippen LogP contribution in [0.4, 0.5) is 0 Å². The molecule has 0 spiro atoms. The molecule has 0 amide bonds. The van der Waals surface area contributed by atoms with Crippen LogP contribution in [0.1, 0.15) is 127 Å². The van der Waals surface area contributed by atoms with Gasteiger partial charge in [-0.1, -0.05) is 224 Å². The molecule has 0 aliphatic heterocycles. The first-order valence-electron chi connectivity index (χ1n) is 24.3. The van der Waals surface area contributed by atoms with E-state index < -0.39 is 0 Å². The minimum absolute atomic E-state index is 0.0312. The molecule has 0 aromatic heterocycles. The number of hydrogen-bond acceptors (Lipinski definition) is 0. The van der Waals surface area contributed by atoms with E-state index in [-0.39, 0.29) is 5.41 Å². The predicted octanol–water partition coefficient (Wildman–Crippen LogP) is 18.2. The third-order valence-electron chi connectivity index (χ3n) is 15.9. The summed E-state index contributed by atoms with van der Waals surface area (Å²) in [5.74, 6) is 1.86. The topological polar surface area (TPSA) is 0 Å². The highest BCUT2D eigenvalue weighted by molar-refractivity contribution is 6.14. The van der Waals surface area contributed by atoms with Crippen LogP contribution in [-0.4, -0.2) is 0 Å². The Bertz CT molecular complexity index is 2540. The van der Waals surface area contributed by atoms with Crippen molar-refractivity contribution in [3.63, 3.8) is 0 Å². The van der Waals surface area contributed by atoms with E-state index in [0.717, 1.165) is 11.8 Å². The summed E-state index contributed by atoms with van der Waals surface area (Å²) in [5.41, 5.74) is 11.6. The Hall–Kier alpha value is -5.20. The molecule has 0 nitrogen and oxygen atoms in total. The van der Waals surface area contributed by atoms with E-state index in [9.17, 15) is 0 Å².